The number of carboxylic acid groups (broad SMARTS) is 1. The minimum atomic E-state index is -0.990. The minimum absolute atomic E-state index is 0.0604. The van der Waals surface area contributed by atoms with Crippen LogP contribution in [0.2, 0.25) is 0 Å². The second-order valence-corrected chi connectivity index (χ2v) is 5.86. The number of halogens is 1. The molecule has 0 radical (unpaired) electrons. The molecule has 0 aliphatic heterocycles. The molecule has 0 aliphatic carbocycles. The van der Waals surface area contributed by atoms with Crippen LogP contribution in [0.25, 0.3) is 0 Å². The van der Waals surface area contributed by atoms with Gasteiger partial charge in [-0.2, -0.15) is 0 Å². The Morgan fingerprint density at radius 3 is 2.67 bits per heavy atom. The summed E-state index contributed by atoms with van der Waals surface area (Å²) < 4.78 is 0.533. The Morgan fingerprint density at radius 2 is 2.11 bits per heavy atom. The lowest BCUT2D eigenvalue weighted by molar-refractivity contribution is -0.119. The van der Waals surface area contributed by atoms with Gasteiger partial charge in [-0.1, -0.05) is 0 Å². The highest BCUT2D eigenvalue weighted by molar-refractivity contribution is 9.10. The third-order valence-corrected chi connectivity index (χ3v) is 3.67. The first kappa shape index (κ1) is 15.0. The number of thioether (sulfide) groups is 1. The fraction of sp³-hybridized carbons (Fsp3) is 0.333. The third-order valence-electron chi connectivity index (χ3n) is 1.99. The highest BCUT2D eigenvalue weighted by Crippen LogP contribution is 2.24. The quantitative estimate of drug-likeness (QED) is 0.814. The van der Waals surface area contributed by atoms with E-state index >= 15 is 0 Å². The number of nitrogens with one attached hydrogen (secondary N) is 1. The molecule has 2 N–H and O–H groups in total. The number of amides is 1. The monoisotopic (exact) mass is 331 g/mol. The summed E-state index contributed by atoms with van der Waals surface area (Å²) in [6.45, 7) is 3.79. The Bertz CT molecular complexity index is 463. The maximum atomic E-state index is 11.5. The molecule has 0 saturated carbocycles. The molecule has 0 spiro atoms. The van der Waals surface area contributed by atoms with E-state index in [1.54, 1.807) is 18.2 Å². The zero-order valence-electron chi connectivity index (χ0n) is 10.1. The number of rotatable bonds is 5. The maximum absolute atomic E-state index is 11.5. The van der Waals surface area contributed by atoms with Crippen LogP contribution in [0.1, 0.15) is 24.2 Å². The number of hydrogen-bond acceptors (Lipinski definition) is 3. The van der Waals surface area contributed by atoms with Gasteiger partial charge in [0, 0.05) is 15.4 Å². The Morgan fingerprint density at radius 1 is 1.44 bits per heavy atom. The average molecular weight is 332 g/mol. The van der Waals surface area contributed by atoms with E-state index in [2.05, 4.69) is 21.2 Å². The molecule has 1 aromatic carbocycles. The van der Waals surface area contributed by atoms with Crippen molar-refractivity contribution in [2.24, 2.45) is 0 Å². The third kappa shape index (κ3) is 4.70. The molecule has 1 amide bonds. The van der Waals surface area contributed by atoms with E-state index in [-0.39, 0.29) is 23.3 Å². The van der Waals surface area contributed by atoms with Crippen LogP contribution in [-0.2, 0) is 4.79 Å². The fourth-order valence-electron chi connectivity index (χ4n) is 1.27. The predicted molar refractivity (Wildman–Crippen MR) is 75.1 cm³/mol. The zero-order chi connectivity index (χ0) is 13.7. The molecule has 0 aliphatic rings. The minimum Gasteiger partial charge on any atom is -0.478 e. The van der Waals surface area contributed by atoms with E-state index in [0.717, 1.165) is 4.90 Å². The number of carbonyl (C=O) groups is 2. The molecule has 0 unspecified atom stereocenters. The maximum Gasteiger partial charge on any atom is 0.336 e. The molecule has 6 heteroatoms. The summed E-state index contributed by atoms with van der Waals surface area (Å²) in [5, 5.41) is 11.7. The molecule has 0 atom stereocenters. The summed E-state index contributed by atoms with van der Waals surface area (Å²) >= 11 is 4.49. The fourth-order valence-corrected chi connectivity index (χ4v) is 2.43. The SMILES string of the molecule is CC(C)NC(=O)CSc1ccc(Br)c(C(=O)O)c1. The Kier molecular flexibility index (Phi) is 5.68. The van der Waals surface area contributed by atoms with Gasteiger partial charge in [0.15, 0.2) is 0 Å². The van der Waals surface area contributed by atoms with E-state index in [4.69, 9.17) is 5.11 Å². The summed E-state index contributed by atoms with van der Waals surface area (Å²) in [5.74, 6) is -0.774. The topological polar surface area (TPSA) is 66.4 Å². The summed E-state index contributed by atoms with van der Waals surface area (Å²) in [4.78, 5) is 23.2. The standard InChI is InChI=1S/C12H14BrNO3S/c1-7(2)14-11(15)6-18-8-3-4-10(13)9(5-8)12(16)17/h3-5,7H,6H2,1-2H3,(H,14,15)(H,16,17). The molecule has 1 rings (SSSR count). The predicted octanol–water partition coefficient (Wildman–Crippen LogP) is 2.76. The van der Waals surface area contributed by atoms with E-state index < -0.39 is 5.97 Å². The Labute approximate surface area is 118 Å². The first-order valence-electron chi connectivity index (χ1n) is 5.35. The van der Waals surface area contributed by atoms with Gasteiger partial charge in [0.05, 0.1) is 11.3 Å². The van der Waals surface area contributed by atoms with Crippen LogP contribution in [0.4, 0.5) is 0 Å². The van der Waals surface area contributed by atoms with Crippen LogP contribution in [0.15, 0.2) is 27.6 Å². The van der Waals surface area contributed by atoms with Crippen molar-refractivity contribution in [3.63, 3.8) is 0 Å². The molecule has 18 heavy (non-hydrogen) atoms. The molecule has 0 aromatic heterocycles. The van der Waals surface area contributed by atoms with E-state index in [9.17, 15) is 9.59 Å². The van der Waals surface area contributed by atoms with Crippen molar-refractivity contribution in [1.82, 2.24) is 5.32 Å². The van der Waals surface area contributed by atoms with Crippen LogP contribution in [0, 0.1) is 0 Å². The molecule has 4 nitrogen and oxygen atoms in total. The van der Waals surface area contributed by atoms with Gasteiger partial charge in [-0.3, -0.25) is 4.79 Å². The normalized spacial score (nSPS) is 10.4. The van der Waals surface area contributed by atoms with Crippen molar-refractivity contribution in [1.29, 1.82) is 0 Å². The highest BCUT2D eigenvalue weighted by atomic mass is 79.9. The largest absolute Gasteiger partial charge is 0.478 e. The smallest absolute Gasteiger partial charge is 0.336 e. The lowest BCUT2D eigenvalue weighted by atomic mass is 10.2. The van der Waals surface area contributed by atoms with Crippen LogP contribution in [-0.4, -0.2) is 28.8 Å². The van der Waals surface area contributed by atoms with Gasteiger partial charge in [0.25, 0.3) is 0 Å². The van der Waals surface area contributed by atoms with Crippen LogP contribution >= 0.6 is 27.7 Å². The van der Waals surface area contributed by atoms with Gasteiger partial charge in [0.1, 0.15) is 0 Å². The molecular weight excluding hydrogens is 318 g/mol. The van der Waals surface area contributed by atoms with E-state index in [1.165, 1.54) is 11.8 Å². The Balaban J connectivity index is 2.66. The van der Waals surface area contributed by atoms with Crippen molar-refractivity contribution in [3.8, 4) is 0 Å². The lowest BCUT2D eigenvalue weighted by Gasteiger charge is -2.08. The zero-order valence-corrected chi connectivity index (χ0v) is 12.5. The number of carboxylic acids is 1. The first-order chi connectivity index (χ1) is 8.40. The number of hydrogen-bond donors (Lipinski definition) is 2. The molecule has 0 saturated heterocycles. The Hall–Kier alpha value is -1.01. The van der Waals surface area contributed by atoms with E-state index in [0.29, 0.717) is 4.47 Å². The van der Waals surface area contributed by atoms with Crippen molar-refractivity contribution < 1.29 is 14.7 Å². The molecule has 98 valence electrons. The number of benzene rings is 1. The van der Waals surface area contributed by atoms with Gasteiger partial charge in [0.2, 0.25) is 5.91 Å². The van der Waals surface area contributed by atoms with Gasteiger partial charge >= 0.3 is 5.97 Å². The summed E-state index contributed by atoms with van der Waals surface area (Å²) in [6.07, 6.45) is 0. The van der Waals surface area contributed by atoms with Crippen molar-refractivity contribution in [2.45, 2.75) is 24.8 Å². The van der Waals surface area contributed by atoms with Crippen molar-refractivity contribution in [2.75, 3.05) is 5.75 Å². The molecule has 0 fully saturated rings. The van der Waals surface area contributed by atoms with Gasteiger partial charge in [-0.25, -0.2) is 4.79 Å². The summed E-state index contributed by atoms with van der Waals surface area (Å²) in [5.41, 5.74) is 0.198. The lowest BCUT2D eigenvalue weighted by Crippen LogP contribution is -2.31. The number of aromatic carboxylic acids is 1. The second kappa shape index (κ2) is 6.80. The average Bonchev–Trinajstić information content (AvgIpc) is 2.26. The van der Waals surface area contributed by atoms with Crippen molar-refractivity contribution >= 4 is 39.6 Å². The number of carbonyl (C=O) groups excluding carboxylic acids is 1. The molecule has 0 heterocycles. The van der Waals surface area contributed by atoms with Crippen LogP contribution in [0.3, 0.4) is 0 Å². The molecule has 1 aromatic rings. The molecule has 0 bridgehead atoms. The summed E-state index contributed by atoms with van der Waals surface area (Å²) in [6, 6.07) is 5.12. The first-order valence-corrected chi connectivity index (χ1v) is 7.13. The van der Waals surface area contributed by atoms with Crippen LogP contribution < -0.4 is 5.32 Å². The van der Waals surface area contributed by atoms with Gasteiger partial charge in [-0.05, 0) is 48.0 Å². The highest BCUT2D eigenvalue weighted by Gasteiger charge is 2.10. The van der Waals surface area contributed by atoms with E-state index in [1.807, 2.05) is 13.8 Å². The van der Waals surface area contributed by atoms with Gasteiger partial charge in [-0.15, -0.1) is 11.8 Å². The van der Waals surface area contributed by atoms with Gasteiger partial charge < -0.3 is 10.4 Å². The van der Waals surface area contributed by atoms with Crippen LogP contribution in [0.5, 0.6) is 0 Å². The molecular formula is C12H14BrNO3S. The summed E-state index contributed by atoms with van der Waals surface area (Å²) in [7, 11) is 0. The second-order valence-electron chi connectivity index (χ2n) is 3.96. The van der Waals surface area contributed by atoms with Crippen molar-refractivity contribution in [3.05, 3.63) is 28.2 Å².